The molecule has 27 heavy (non-hydrogen) atoms. The van der Waals surface area contributed by atoms with Gasteiger partial charge in [0.1, 0.15) is 12.4 Å². The Balaban J connectivity index is 1.74. The van der Waals surface area contributed by atoms with Gasteiger partial charge in [0.25, 0.3) is 0 Å². The van der Waals surface area contributed by atoms with Gasteiger partial charge < -0.3 is 9.84 Å². The summed E-state index contributed by atoms with van der Waals surface area (Å²) in [6.45, 7) is 0.205. The van der Waals surface area contributed by atoms with E-state index in [1.54, 1.807) is 24.3 Å². The van der Waals surface area contributed by atoms with Crippen LogP contribution in [-0.2, 0) is 22.6 Å². The Labute approximate surface area is 158 Å². The average Bonchev–Trinajstić information content (AvgIpc) is 2.72. The molecule has 0 radical (unpaired) electrons. The van der Waals surface area contributed by atoms with Crippen molar-refractivity contribution in [3.05, 3.63) is 102 Å². The molecule has 4 heteroatoms. The van der Waals surface area contributed by atoms with Crippen molar-refractivity contribution in [3.63, 3.8) is 0 Å². The fourth-order valence-electron chi connectivity index (χ4n) is 2.63. The van der Waals surface area contributed by atoms with E-state index in [0.29, 0.717) is 12.0 Å². The highest BCUT2D eigenvalue weighted by Gasteiger charge is 2.19. The summed E-state index contributed by atoms with van der Waals surface area (Å²) in [4.78, 5) is 17.0. The van der Waals surface area contributed by atoms with E-state index in [0.717, 1.165) is 11.1 Å². The number of esters is 1. The second-order valence-corrected chi connectivity index (χ2v) is 6.14. The Bertz CT molecular complexity index is 892. The number of aliphatic imine (C=N–C) groups is 1. The summed E-state index contributed by atoms with van der Waals surface area (Å²) in [5, 5.41) is 9.90. The highest BCUT2D eigenvalue weighted by molar-refractivity contribution is 5.86. The van der Waals surface area contributed by atoms with Gasteiger partial charge in [-0.25, -0.2) is 4.79 Å². The number of hydrogen-bond donors (Lipinski definition) is 1. The number of carbonyl (C=O) groups excluding carboxylic acids is 1. The zero-order valence-corrected chi connectivity index (χ0v) is 14.9. The van der Waals surface area contributed by atoms with Crippen LogP contribution in [-0.4, -0.2) is 23.3 Å². The molecule has 0 bridgehead atoms. The van der Waals surface area contributed by atoms with Gasteiger partial charge in [0.2, 0.25) is 0 Å². The minimum atomic E-state index is -0.685. The van der Waals surface area contributed by atoms with Crippen LogP contribution in [0.4, 0.5) is 0 Å². The summed E-state index contributed by atoms with van der Waals surface area (Å²) in [5.41, 5.74) is 2.48. The van der Waals surface area contributed by atoms with Crippen LogP contribution in [0.2, 0.25) is 0 Å². The number of ether oxygens (including phenoxy) is 1. The summed E-state index contributed by atoms with van der Waals surface area (Å²) in [6, 6.07) is 25.4. The van der Waals surface area contributed by atoms with Crippen molar-refractivity contribution in [2.45, 2.75) is 19.1 Å². The molecule has 1 N–H and O–H groups in total. The van der Waals surface area contributed by atoms with Crippen LogP contribution in [0.15, 0.2) is 89.9 Å². The predicted octanol–water partition coefficient (Wildman–Crippen LogP) is 4.17. The lowest BCUT2D eigenvalue weighted by Crippen LogP contribution is -2.24. The lowest BCUT2D eigenvalue weighted by atomic mass is 10.1. The highest BCUT2D eigenvalue weighted by atomic mass is 16.5. The van der Waals surface area contributed by atoms with Crippen LogP contribution in [0.1, 0.15) is 16.7 Å². The molecule has 3 aromatic carbocycles. The number of carbonyl (C=O) groups is 1. The molecule has 3 rings (SSSR count). The molecule has 0 saturated carbocycles. The first kappa shape index (κ1) is 18.4. The first-order valence-corrected chi connectivity index (χ1v) is 8.78. The number of aromatic hydroxyl groups is 1. The molecular formula is C23H21NO3. The van der Waals surface area contributed by atoms with Crippen LogP contribution in [0.5, 0.6) is 5.75 Å². The summed E-state index contributed by atoms with van der Waals surface area (Å²) < 4.78 is 5.47. The van der Waals surface area contributed by atoms with Crippen LogP contribution in [0.3, 0.4) is 0 Å². The topological polar surface area (TPSA) is 58.9 Å². The maximum absolute atomic E-state index is 12.6. The van der Waals surface area contributed by atoms with Gasteiger partial charge in [-0.05, 0) is 23.3 Å². The van der Waals surface area contributed by atoms with Gasteiger partial charge in [0.05, 0.1) is 0 Å². The number of rotatable bonds is 7. The van der Waals surface area contributed by atoms with Crippen LogP contribution in [0, 0.1) is 0 Å². The molecule has 0 spiro atoms. The number of nitrogens with zero attached hydrogens (tertiary/aromatic N) is 1. The molecule has 0 aliphatic heterocycles. The summed E-state index contributed by atoms with van der Waals surface area (Å²) >= 11 is 0. The summed E-state index contributed by atoms with van der Waals surface area (Å²) in [5.74, 6) is -0.272. The molecule has 0 aliphatic carbocycles. The molecule has 0 heterocycles. The second-order valence-electron chi connectivity index (χ2n) is 6.14. The van der Waals surface area contributed by atoms with Crippen molar-refractivity contribution in [2.75, 3.05) is 0 Å². The van der Waals surface area contributed by atoms with Crippen molar-refractivity contribution in [1.29, 1.82) is 0 Å². The van der Waals surface area contributed by atoms with E-state index in [9.17, 15) is 9.90 Å². The van der Waals surface area contributed by atoms with E-state index in [1.165, 1.54) is 6.21 Å². The first-order chi connectivity index (χ1) is 13.2. The molecule has 0 aliphatic rings. The Morgan fingerprint density at radius 1 is 0.889 bits per heavy atom. The van der Waals surface area contributed by atoms with E-state index >= 15 is 0 Å². The van der Waals surface area contributed by atoms with Gasteiger partial charge in [0, 0.05) is 18.2 Å². The lowest BCUT2D eigenvalue weighted by Gasteiger charge is -2.13. The Morgan fingerprint density at radius 3 is 2.15 bits per heavy atom. The third-order valence-corrected chi connectivity index (χ3v) is 4.10. The van der Waals surface area contributed by atoms with Crippen LogP contribution in [0.25, 0.3) is 0 Å². The molecule has 136 valence electrons. The maximum atomic E-state index is 12.6. The summed E-state index contributed by atoms with van der Waals surface area (Å²) in [7, 11) is 0. The third kappa shape index (κ3) is 5.54. The fraction of sp³-hybridized carbons (Fsp3) is 0.130. The van der Waals surface area contributed by atoms with Gasteiger partial charge in [-0.2, -0.15) is 0 Å². The van der Waals surface area contributed by atoms with Crippen LogP contribution < -0.4 is 0 Å². The Kier molecular flexibility index (Phi) is 6.36. The number of benzene rings is 3. The molecule has 3 aromatic rings. The molecule has 0 amide bonds. The molecule has 1 atom stereocenters. The lowest BCUT2D eigenvalue weighted by molar-refractivity contribution is -0.146. The summed E-state index contributed by atoms with van der Waals surface area (Å²) in [6.07, 6.45) is 1.95. The minimum Gasteiger partial charge on any atom is -0.507 e. The smallest absolute Gasteiger partial charge is 0.331 e. The van der Waals surface area contributed by atoms with Gasteiger partial charge in [-0.1, -0.05) is 72.8 Å². The van der Waals surface area contributed by atoms with Gasteiger partial charge >= 0.3 is 5.97 Å². The van der Waals surface area contributed by atoms with E-state index < -0.39 is 12.0 Å². The predicted molar refractivity (Wildman–Crippen MR) is 106 cm³/mol. The SMILES string of the molecule is O=C(OCc1ccccc1)C(Cc1ccccc1)N=Cc1ccccc1O. The Hall–Kier alpha value is -3.40. The van der Waals surface area contributed by atoms with Gasteiger partial charge in [-0.3, -0.25) is 4.99 Å². The monoisotopic (exact) mass is 359 g/mol. The van der Waals surface area contributed by atoms with Crippen LogP contribution >= 0.6 is 0 Å². The first-order valence-electron chi connectivity index (χ1n) is 8.78. The molecular weight excluding hydrogens is 338 g/mol. The average molecular weight is 359 g/mol. The largest absolute Gasteiger partial charge is 0.507 e. The molecule has 0 aromatic heterocycles. The highest BCUT2D eigenvalue weighted by Crippen LogP contribution is 2.15. The van der Waals surface area contributed by atoms with E-state index in [-0.39, 0.29) is 12.4 Å². The second kappa shape index (κ2) is 9.34. The van der Waals surface area contributed by atoms with E-state index in [1.807, 2.05) is 60.7 Å². The van der Waals surface area contributed by atoms with E-state index in [4.69, 9.17) is 4.74 Å². The Morgan fingerprint density at radius 2 is 1.48 bits per heavy atom. The molecule has 0 saturated heterocycles. The van der Waals surface area contributed by atoms with Crippen molar-refractivity contribution in [1.82, 2.24) is 0 Å². The zero-order valence-electron chi connectivity index (χ0n) is 14.9. The van der Waals surface area contributed by atoms with Crippen molar-refractivity contribution >= 4 is 12.2 Å². The molecule has 0 fully saturated rings. The van der Waals surface area contributed by atoms with Crippen molar-refractivity contribution in [2.24, 2.45) is 4.99 Å². The minimum absolute atomic E-state index is 0.123. The zero-order chi connectivity index (χ0) is 18.9. The van der Waals surface area contributed by atoms with Crippen molar-refractivity contribution < 1.29 is 14.6 Å². The standard InChI is InChI=1S/C23H21NO3/c25-22-14-8-7-13-20(22)16-24-21(15-18-9-3-1-4-10-18)23(26)27-17-19-11-5-2-6-12-19/h1-14,16,21,25H,15,17H2. The third-order valence-electron chi connectivity index (χ3n) is 4.10. The molecule has 1 unspecified atom stereocenters. The number of hydrogen-bond acceptors (Lipinski definition) is 4. The number of para-hydroxylation sites is 1. The fourth-order valence-corrected chi connectivity index (χ4v) is 2.63. The maximum Gasteiger partial charge on any atom is 0.331 e. The molecule has 4 nitrogen and oxygen atoms in total. The van der Waals surface area contributed by atoms with Crippen molar-refractivity contribution in [3.8, 4) is 5.75 Å². The number of phenols is 1. The van der Waals surface area contributed by atoms with Gasteiger partial charge in [-0.15, -0.1) is 0 Å². The quantitative estimate of drug-likeness (QED) is 0.509. The number of phenolic OH excluding ortho intramolecular Hbond substituents is 1. The normalized spacial score (nSPS) is 12.0. The van der Waals surface area contributed by atoms with E-state index in [2.05, 4.69) is 4.99 Å². The van der Waals surface area contributed by atoms with Gasteiger partial charge in [0.15, 0.2) is 6.04 Å².